The minimum Gasteiger partial charge on any atom is -0.370 e. The molecule has 1 aromatic heterocycles. The molecule has 2 aliphatic heterocycles. The van der Waals surface area contributed by atoms with Gasteiger partial charge in [-0.1, -0.05) is 0 Å². The Bertz CT molecular complexity index is 368. The number of ether oxygens (including phenoxy) is 1. The van der Waals surface area contributed by atoms with Gasteiger partial charge in [0.15, 0.2) is 0 Å². The van der Waals surface area contributed by atoms with E-state index in [1.807, 2.05) is 6.20 Å². The number of imidazole rings is 1. The first-order valence-electron chi connectivity index (χ1n) is 6.26. The van der Waals surface area contributed by atoms with Crippen LogP contribution in [0.4, 0.5) is 0 Å². The lowest BCUT2D eigenvalue weighted by molar-refractivity contribution is 0.00691. The quantitative estimate of drug-likeness (QED) is 0.780. The Morgan fingerprint density at radius 1 is 1.38 bits per heavy atom. The summed E-state index contributed by atoms with van der Waals surface area (Å²) in [7, 11) is 0. The van der Waals surface area contributed by atoms with E-state index in [-0.39, 0.29) is 6.10 Å². The lowest BCUT2D eigenvalue weighted by Gasteiger charge is -2.26. The van der Waals surface area contributed by atoms with Gasteiger partial charge in [-0.25, -0.2) is 4.98 Å². The molecular weight excluding hydrogens is 202 g/mol. The topological polar surface area (TPSA) is 53.1 Å². The normalized spacial score (nSPS) is 30.1. The fraction of sp³-hybridized carbons (Fsp3) is 0.750. The van der Waals surface area contributed by atoms with Gasteiger partial charge in [-0.2, -0.15) is 0 Å². The van der Waals surface area contributed by atoms with Crippen LogP contribution in [0.15, 0.2) is 6.20 Å². The Morgan fingerprint density at radius 2 is 2.31 bits per heavy atom. The van der Waals surface area contributed by atoms with Gasteiger partial charge in [-0.05, 0) is 25.7 Å². The SMILES string of the molecule is NC1CCn2c(cnc2C2CCCCO2)C1. The average molecular weight is 221 g/mol. The molecule has 2 atom stereocenters. The molecule has 16 heavy (non-hydrogen) atoms. The van der Waals surface area contributed by atoms with Gasteiger partial charge in [0.1, 0.15) is 11.9 Å². The van der Waals surface area contributed by atoms with Crippen LogP contribution in [0.5, 0.6) is 0 Å². The minimum absolute atomic E-state index is 0.219. The lowest BCUT2D eigenvalue weighted by Crippen LogP contribution is -2.31. The first-order chi connectivity index (χ1) is 7.84. The average Bonchev–Trinajstić information content (AvgIpc) is 2.73. The second-order valence-corrected chi connectivity index (χ2v) is 4.87. The summed E-state index contributed by atoms with van der Waals surface area (Å²) >= 11 is 0. The van der Waals surface area contributed by atoms with E-state index in [0.29, 0.717) is 6.04 Å². The van der Waals surface area contributed by atoms with Crippen molar-refractivity contribution in [1.82, 2.24) is 9.55 Å². The zero-order chi connectivity index (χ0) is 11.0. The van der Waals surface area contributed by atoms with Crippen LogP contribution in [0.25, 0.3) is 0 Å². The molecule has 2 unspecified atom stereocenters. The largest absolute Gasteiger partial charge is 0.370 e. The van der Waals surface area contributed by atoms with E-state index < -0.39 is 0 Å². The van der Waals surface area contributed by atoms with Crippen molar-refractivity contribution in [2.24, 2.45) is 5.73 Å². The third kappa shape index (κ3) is 1.76. The van der Waals surface area contributed by atoms with Crippen LogP contribution >= 0.6 is 0 Å². The van der Waals surface area contributed by atoms with Crippen molar-refractivity contribution in [3.05, 3.63) is 17.7 Å². The van der Waals surface area contributed by atoms with Crippen LogP contribution in [0.2, 0.25) is 0 Å². The molecule has 0 bridgehead atoms. The third-order valence-electron chi connectivity index (χ3n) is 3.63. The van der Waals surface area contributed by atoms with Gasteiger partial charge in [-0.15, -0.1) is 0 Å². The van der Waals surface area contributed by atoms with E-state index in [2.05, 4.69) is 9.55 Å². The molecule has 0 aliphatic carbocycles. The highest BCUT2D eigenvalue weighted by Crippen LogP contribution is 2.29. The second kappa shape index (κ2) is 4.18. The number of aromatic nitrogens is 2. The van der Waals surface area contributed by atoms with Gasteiger partial charge in [-0.3, -0.25) is 0 Å². The molecule has 0 amide bonds. The maximum atomic E-state index is 5.96. The Hall–Kier alpha value is -0.870. The van der Waals surface area contributed by atoms with E-state index in [4.69, 9.17) is 10.5 Å². The summed E-state index contributed by atoms with van der Waals surface area (Å²) in [6.07, 6.45) is 7.77. The molecule has 88 valence electrons. The zero-order valence-electron chi connectivity index (χ0n) is 9.56. The van der Waals surface area contributed by atoms with Crippen LogP contribution in [0.3, 0.4) is 0 Å². The molecule has 2 N–H and O–H groups in total. The predicted octanol–water partition coefficient (Wildman–Crippen LogP) is 1.40. The number of hydrogen-bond acceptors (Lipinski definition) is 3. The summed E-state index contributed by atoms with van der Waals surface area (Å²) in [6.45, 7) is 1.89. The highest BCUT2D eigenvalue weighted by molar-refractivity contribution is 5.12. The Labute approximate surface area is 95.8 Å². The first-order valence-corrected chi connectivity index (χ1v) is 6.26. The van der Waals surface area contributed by atoms with Gasteiger partial charge in [0.25, 0.3) is 0 Å². The van der Waals surface area contributed by atoms with Crippen LogP contribution in [-0.2, 0) is 17.7 Å². The summed E-state index contributed by atoms with van der Waals surface area (Å²) < 4.78 is 8.12. The molecule has 0 radical (unpaired) electrons. The van der Waals surface area contributed by atoms with Crippen molar-refractivity contribution >= 4 is 0 Å². The van der Waals surface area contributed by atoms with Crippen LogP contribution < -0.4 is 5.73 Å². The van der Waals surface area contributed by atoms with Crippen molar-refractivity contribution < 1.29 is 4.74 Å². The molecule has 3 rings (SSSR count). The van der Waals surface area contributed by atoms with Gasteiger partial charge in [0.2, 0.25) is 0 Å². The first kappa shape index (κ1) is 10.3. The molecular formula is C12H19N3O. The molecule has 1 saturated heterocycles. The fourth-order valence-corrected chi connectivity index (χ4v) is 2.72. The number of nitrogens with two attached hydrogens (primary N) is 1. The number of nitrogens with zero attached hydrogens (tertiary/aromatic N) is 2. The molecule has 3 heterocycles. The zero-order valence-corrected chi connectivity index (χ0v) is 9.56. The standard InChI is InChI=1S/C12H19N3O/c13-9-4-5-15-10(7-9)8-14-12(15)11-3-1-2-6-16-11/h8-9,11H,1-7,13H2. The molecule has 0 spiro atoms. The van der Waals surface area contributed by atoms with Crippen molar-refractivity contribution in [1.29, 1.82) is 0 Å². The monoisotopic (exact) mass is 221 g/mol. The second-order valence-electron chi connectivity index (χ2n) is 4.87. The number of rotatable bonds is 1. The summed E-state index contributed by atoms with van der Waals surface area (Å²) in [5.41, 5.74) is 7.25. The highest BCUT2D eigenvalue weighted by atomic mass is 16.5. The van der Waals surface area contributed by atoms with E-state index in [1.165, 1.54) is 18.5 Å². The summed E-state index contributed by atoms with van der Waals surface area (Å²) in [5, 5.41) is 0. The molecule has 2 aliphatic rings. The van der Waals surface area contributed by atoms with E-state index in [9.17, 15) is 0 Å². The third-order valence-corrected chi connectivity index (χ3v) is 3.63. The smallest absolute Gasteiger partial charge is 0.138 e. The van der Waals surface area contributed by atoms with E-state index >= 15 is 0 Å². The molecule has 0 aromatic carbocycles. The number of hydrogen-bond donors (Lipinski definition) is 1. The van der Waals surface area contributed by atoms with Crippen molar-refractivity contribution in [2.45, 2.75) is 50.8 Å². The highest BCUT2D eigenvalue weighted by Gasteiger charge is 2.25. The maximum absolute atomic E-state index is 5.96. The Kier molecular flexibility index (Phi) is 2.69. The fourth-order valence-electron chi connectivity index (χ4n) is 2.72. The van der Waals surface area contributed by atoms with Gasteiger partial charge >= 0.3 is 0 Å². The van der Waals surface area contributed by atoms with Crippen LogP contribution in [0.1, 0.15) is 43.3 Å². The van der Waals surface area contributed by atoms with Gasteiger partial charge in [0.05, 0.1) is 0 Å². The summed E-state index contributed by atoms with van der Waals surface area (Å²) in [5.74, 6) is 1.13. The van der Waals surface area contributed by atoms with Crippen molar-refractivity contribution in [3.8, 4) is 0 Å². The molecule has 0 saturated carbocycles. The van der Waals surface area contributed by atoms with E-state index in [0.717, 1.165) is 38.2 Å². The Balaban J connectivity index is 1.85. The molecule has 1 aromatic rings. The summed E-state index contributed by atoms with van der Waals surface area (Å²) in [6, 6.07) is 0.310. The molecule has 4 heteroatoms. The molecule has 1 fully saturated rings. The number of fused-ring (bicyclic) bond motifs is 1. The van der Waals surface area contributed by atoms with Crippen molar-refractivity contribution in [2.75, 3.05) is 6.61 Å². The minimum atomic E-state index is 0.219. The van der Waals surface area contributed by atoms with Gasteiger partial charge in [0, 0.05) is 37.5 Å². The summed E-state index contributed by atoms with van der Waals surface area (Å²) in [4.78, 5) is 4.54. The van der Waals surface area contributed by atoms with Crippen LogP contribution in [-0.4, -0.2) is 22.2 Å². The maximum Gasteiger partial charge on any atom is 0.138 e. The predicted molar refractivity (Wildman–Crippen MR) is 61.1 cm³/mol. The lowest BCUT2D eigenvalue weighted by atomic mass is 10.0. The van der Waals surface area contributed by atoms with E-state index in [1.54, 1.807) is 0 Å². The van der Waals surface area contributed by atoms with Crippen LogP contribution in [0, 0.1) is 0 Å². The van der Waals surface area contributed by atoms with Crippen molar-refractivity contribution in [3.63, 3.8) is 0 Å². The van der Waals surface area contributed by atoms with Gasteiger partial charge < -0.3 is 15.0 Å². The molecule has 4 nitrogen and oxygen atoms in total. The Morgan fingerprint density at radius 3 is 3.12 bits per heavy atom.